The van der Waals surface area contributed by atoms with Crippen molar-refractivity contribution in [3.63, 3.8) is 0 Å². The Morgan fingerprint density at radius 2 is 1.72 bits per heavy atom. The Morgan fingerprint density at radius 1 is 1.03 bits per heavy atom. The van der Waals surface area contributed by atoms with Crippen molar-refractivity contribution in [1.82, 2.24) is 15.3 Å². The van der Waals surface area contributed by atoms with Crippen LogP contribution < -0.4 is 10.2 Å². The number of guanidine groups is 1. The van der Waals surface area contributed by atoms with Crippen LogP contribution in [-0.2, 0) is 9.59 Å². The summed E-state index contributed by atoms with van der Waals surface area (Å²) in [6.07, 6.45) is 1.70. The lowest BCUT2D eigenvalue weighted by atomic mass is 10.2. The molecule has 9 heteroatoms. The summed E-state index contributed by atoms with van der Waals surface area (Å²) < 4.78 is 1.98. The fraction of sp³-hybridized carbons (Fsp3) is 0.0500. The monoisotopic (exact) mass is 419 g/mol. The van der Waals surface area contributed by atoms with Crippen molar-refractivity contribution in [2.45, 2.75) is 6.92 Å². The number of aromatic nitrogens is 2. The molecule has 2 aromatic heterocycles. The van der Waals surface area contributed by atoms with E-state index in [2.05, 4.69) is 20.3 Å². The number of rotatable bonds is 2. The molecule has 0 bridgehead atoms. The molecule has 5 rings (SSSR count). The van der Waals surface area contributed by atoms with Gasteiger partial charge in [-0.25, -0.2) is 15.0 Å². The maximum atomic E-state index is 12.5. The van der Waals surface area contributed by atoms with Gasteiger partial charge in [-0.1, -0.05) is 6.07 Å². The maximum absolute atomic E-state index is 12.5. The minimum Gasteiger partial charge on any atom is -0.290 e. The Balaban J connectivity index is 1.53. The molecular weight excluding hydrogens is 406 g/mol. The highest BCUT2D eigenvalue weighted by atomic mass is 32.1. The lowest BCUT2D eigenvalue weighted by Gasteiger charge is -2.20. The Morgan fingerprint density at radius 3 is 2.45 bits per heavy atom. The Kier molecular flexibility index (Phi) is 4.18. The van der Waals surface area contributed by atoms with E-state index in [0.29, 0.717) is 5.69 Å². The third-order valence-corrected chi connectivity index (χ3v) is 6.03. The number of carbonyl (C=O) groups is 2. The molecule has 1 N–H and O–H groups in total. The van der Waals surface area contributed by atoms with Gasteiger partial charge in [0.15, 0.2) is 0 Å². The molecule has 0 spiro atoms. The van der Waals surface area contributed by atoms with E-state index < -0.39 is 0 Å². The molecule has 142 valence electrons. The highest BCUT2D eigenvalue weighted by Gasteiger charge is 2.28. The number of carbonyl (C=O) groups excluding carboxylic acids is 2. The van der Waals surface area contributed by atoms with Crippen molar-refractivity contribution in [3.05, 3.63) is 58.7 Å². The van der Waals surface area contributed by atoms with Gasteiger partial charge in [0.2, 0.25) is 11.9 Å². The van der Waals surface area contributed by atoms with Crippen molar-refractivity contribution in [2.75, 3.05) is 4.90 Å². The topological polar surface area (TPSA) is 87.5 Å². The number of anilines is 1. The summed E-state index contributed by atoms with van der Waals surface area (Å²) in [6.45, 7) is 1.44. The van der Waals surface area contributed by atoms with E-state index in [1.807, 2.05) is 30.3 Å². The zero-order chi connectivity index (χ0) is 20.0. The maximum Gasteiger partial charge on any atom is 0.276 e. The molecule has 0 aliphatic carbocycles. The second-order valence-electron chi connectivity index (χ2n) is 6.36. The number of benzene rings is 2. The second kappa shape index (κ2) is 6.87. The number of amides is 2. The number of fused-ring (bicyclic) bond motifs is 2. The summed E-state index contributed by atoms with van der Waals surface area (Å²) in [6, 6.07) is 11.2. The van der Waals surface area contributed by atoms with Crippen LogP contribution in [0.25, 0.3) is 26.5 Å². The number of aliphatic imine (C=N–C) groups is 1. The molecule has 1 aliphatic heterocycles. The van der Waals surface area contributed by atoms with Crippen molar-refractivity contribution < 1.29 is 9.59 Å². The van der Waals surface area contributed by atoms with Crippen molar-refractivity contribution >= 4 is 72.6 Å². The predicted molar refractivity (Wildman–Crippen MR) is 116 cm³/mol. The molecule has 0 radical (unpaired) electrons. The fourth-order valence-corrected chi connectivity index (χ4v) is 4.55. The zero-order valence-electron chi connectivity index (χ0n) is 15.1. The van der Waals surface area contributed by atoms with Crippen LogP contribution in [0.5, 0.6) is 0 Å². The summed E-state index contributed by atoms with van der Waals surface area (Å²) in [5.74, 6) is -0.411. The first-order chi connectivity index (χ1) is 14.1. The van der Waals surface area contributed by atoms with E-state index in [-0.39, 0.29) is 23.5 Å². The number of hydrogen-bond donors (Lipinski definition) is 1. The normalized spacial score (nSPS) is 15.1. The number of nitrogens with zero attached hydrogens (tertiary/aromatic N) is 4. The smallest absolute Gasteiger partial charge is 0.276 e. The summed E-state index contributed by atoms with van der Waals surface area (Å²) >= 11 is 3.02. The fourth-order valence-electron chi connectivity index (χ4n) is 3.12. The van der Waals surface area contributed by atoms with Gasteiger partial charge in [-0.3, -0.25) is 19.8 Å². The number of nitrogens with one attached hydrogen (secondary N) is 1. The number of thiazole rings is 2. The minimum absolute atomic E-state index is 0.191. The largest absolute Gasteiger partial charge is 0.290 e. The van der Waals surface area contributed by atoms with E-state index in [1.165, 1.54) is 34.5 Å². The lowest BCUT2D eigenvalue weighted by molar-refractivity contribution is -0.115. The third kappa shape index (κ3) is 3.20. The van der Waals surface area contributed by atoms with E-state index in [4.69, 9.17) is 0 Å². The average Bonchev–Trinajstić information content (AvgIpc) is 3.41. The van der Waals surface area contributed by atoms with Crippen LogP contribution >= 0.6 is 22.7 Å². The van der Waals surface area contributed by atoms with Gasteiger partial charge >= 0.3 is 0 Å². The third-order valence-electron chi connectivity index (χ3n) is 4.44. The van der Waals surface area contributed by atoms with E-state index in [0.717, 1.165) is 26.0 Å². The molecule has 0 saturated heterocycles. The van der Waals surface area contributed by atoms with Crippen LogP contribution in [-0.4, -0.2) is 27.7 Å². The first-order valence-electron chi connectivity index (χ1n) is 8.67. The molecule has 3 heterocycles. The van der Waals surface area contributed by atoms with Crippen molar-refractivity contribution in [1.29, 1.82) is 0 Å². The molecule has 2 aromatic carbocycles. The van der Waals surface area contributed by atoms with Crippen molar-refractivity contribution in [3.8, 4) is 0 Å². The highest BCUT2D eigenvalue weighted by molar-refractivity contribution is 7.17. The SMILES string of the molecule is CC(=O)N(C1=NC(=Cc2ccc3ncsc3c2)C(=O)N1)c1ccc2ncsc2c1. The predicted octanol–water partition coefficient (Wildman–Crippen LogP) is 3.79. The average molecular weight is 419 g/mol. The molecule has 0 unspecified atom stereocenters. The van der Waals surface area contributed by atoms with Crippen LogP contribution in [0, 0.1) is 0 Å². The zero-order valence-corrected chi connectivity index (χ0v) is 16.8. The minimum atomic E-state index is -0.352. The summed E-state index contributed by atoms with van der Waals surface area (Å²) in [4.78, 5) is 39.1. The molecule has 0 atom stereocenters. The van der Waals surface area contributed by atoms with E-state index >= 15 is 0 Å². The Hall–Kier alpha value is -3.43. The molecule has 7 nitrogen and oxygen atoms in total. The number of hydrogen-bond acceptors (Lipinski definition) is 7. The van der Waals surface area contributed by atoms with E-state index in [9.17, 15) is 9.59 Å². The standard InChI is InChI=1S/C20H13N5O2S2/c1-11(26)25(13-3-5-15-18(8-13)29-10-22-15)20-23-16(19(27)24-20)6-12-2-4-14-17(7-12)28-9-21-14/h2-10H,1H3,(H,23,24,27). The van der Waals surface area contributed by atoms with Gasteiger partial charge < -0.3 is 0 Å². The van der Waals surface area contributed by atoms with Crippen molar-refractivity contribution in [2.24, 2.45) is 4.99 Å². The summed E-state index contributed by atoms with van der Waals surface area (Å²) in [7, 11) is 0. The molecule has 1 aliphatic rings. The van der Waals surface area contributed by atoms with Crippen LogP contribution in [0.15, 0.2) is 58.1 Å². The second-order valence-corrected chi connectivity index (χ2v) is 8.13. The molecule has 0 saturated carbocycles. The lowest BCUT2D eigenvalue weighted by Crippen LogP contribution is -2.43. The van der Waals surface area contributed by atoms with Gasteiger partial charge in [-0.05, 0) is 42.0 Å². The van der Waals surface area contributed by atoms with Gasteiger partial charge in [0.05, 0.1) is 37.1 Å². The van der Waals surface area contributed by atoms with Crippen LogP contribution in [0.4, 0.5) is 5.69 Å². The molecule has 2 amide bonds. The highest BCUT2D eigenvalue weighted by Crippen LogP contribution is 2.26. The summed E-state index contributed by atoms with van der Waals surface area (Å²) in [5.41, 5.74) is 7.02. The van der Waals surface area contributed by atoms with Gasteiger partial charge in [0, 0.05) is 6.92 Å². The quantitative estimate of drug-likeness (QED) is 0.501. The van der Waals surface area contributed by atoms with Gasteiger partial charge in [-0.15, -0.1) is 22.7 Å². The van der Waals surface area contributed by atoms with Gasteiger partial charge in [0.1, 0.15) is 5.70 Å². The molecule has 4 aromatic rings. The van der Waals surface area contributed by atoms with Crippen LogP contribution in [0.3, 0.4) is 0 Å². The molecule has 0 fully saturated rings. The Labute approximate surface area is 173 Å². The Bertz CT molecular complexity index is 1350. The van der Waals surface area contributed by atoms with Crippen LogP contribution in [0.1, 0.15) is 12.5 Å². The van der Waals surface area contributed by atoms with Gasteiger partial charge in [-0.2, -0.15) is 0 Å². The van der Waals surface area contributed by atoms with E-state index in [1.54, 1.807) is 23.2 Å². The molecular formula is C20H13N5O2S2. The van der Waals surface area contributed by atoms with Crippen LogP contribution in [0.2, 0.25) is 0 Å². The molecule has 29 heavy (non-hydrogen) atoms. The van der Waals surface area contributed by atoms with Gasteiger partial charge in [0.25, 0.3) is 5.91 Å². The summed E-state index contributed by atoms with van der Waals surface area (Å²) in [5, 5.41) is 2.70. The first-order valence-corrected chi connectivity index (χ1v) is 10.4. The first kappa shape index (κ1) is 17.7.